The highest BCUT2D eigenvalue weighted by Crippen LogP contribution is 1.87. The molecule has 1 aromatic rings. The first-order valence-electron chi connectivity index (χ1n) is 4.64. The summed E-state index contributed by atoms with van der Waals surface area (Å²) in [7, 11) is 0. The fourth-order valence-electron chi connectivity index (χ4n) is 1.36. The molecule has 1 rings (SSSR count). The Kier molecular flexibility index (Phi) is 3.44. The van der Waals surface area contributed by atoms with Crippen molar-refractivity contribution in [3.63, 3.8) is 0 Å². The molecular weight excluding hydrogens is 192 g/mol. The van der Waals surface area contributed by atoms with E-state index >= 15 is 0 Å². The Morgan fingerprint density at radius 2 is 1.87 bits per heavy atom. The Labute approximate surface area is 87.8 Å². The maximum Gasteiger partial charge on any atom is 0.331 e. The molecule has 80 valence electrons. The van der Waals surface area contributed by atoms with Gasteiger partial charge < -0.3 is 0 Å². The lowest BCUT2D eigenvalue weighted by atomic mass is 10.3. The molecule has 0 N–H and O–H groups in total. The van der Waals surface area contributed by atoms with Crippen LogP contribution >= 0.6 is 0 Å². The van der Waals surface area contributed by atoms with E-state index in [0.29, 0.717) is 12.1 Å². The molecule has 0 aliphatic carbocycles. The summed E-state index contributed by atoms with van der Waals surface area (Å²) < 4.78 is 2.61. The Morgan fingerprint density at radius 3 is 2.40 bits per heavy atom. The highest BCUT2D eigenvalue weighted by atomic mass is 16.2. The number of hydrogen-bond acceptors (Lipinski definition) is 2. The molecule has 0 unspecified atom stereocenters. The van der Waals surface area contributed by atoms with Crippen LogP contribution < -0.4 is 11.2 Å². The van der Waals surface area contributed by atoms with Gasteiger partial charge in [-0.15, -0.1) is 13.2 Å². The van der Waals surface area contributed by atoms with E-state index in [2.05, 4.69) is 13.2 Å². The second-order valence-corrected chi connectivity index (χ2v) is 3.24. The fraction of sp³-hybridized carbons (Fsp3) is 0.273. The van der Waals surface area contributed by atoms with Gasteiger partial charge in [0.2, 0.25) is 0 Å². The molecule has 4 heteroatoms. The van der Waals surface area contributed by atoms with E-state index in [4.69, 9.17) is 0 Å². The predicted octanol–water partition coefficient (Wildman–Crippen LogP) is 0.690. The number of nitrogens with zero attached hydrogens (tertiary/aromatic N) is 2. The average molecular weight is 206 g/mol. The molecule has 15 heavy (non-hydrogen) atoms. The van der Waals surface area contributed by atoms with Crippen LogP contribution in [0.2, 0.25) is 0 Å². The Balaban J connectivity index is 3.48. The van der Waals surface area contributed by atoms with Crippen LogP contribution in [0, 0.1) is 6.92 Å². The van der Waals surface area contributed by atoms with Crippen LogP contribution in [0.4, 0.5) is 0 Å². The third-order valence-corrected chi connectivity index (χ3v) is 2.05. The van der Waals surface area contributed by atoms with Crippen molar-refractivity contribution in [2.45, 2.75) is 20.0 Å². The van der Waals surface area contributed by atoms with Gasteiger partial charge in [0.15, 0.2) is 0 Å². The standard InChI is InChI=1S/C11H14N2O2/c1-4-6-12-8-9(3)10(14)13(7-5-2)11(12)15/h4-5,8H,1-2,6-7H2,3H3. The third-order valence-electron chi connectivity index (χ3n) is 2.05. The van der Waals surface area contributed by atoms with Crippen molar-refractivity contribution in [2.75, 3.05) is 0 Å². The van der Waals surface area contributed by atoms with Crippen molar-refractivity contribution in [1.29, 1.82) is 0 Å². The van der Waals surface area contributed by atoms with Gasteiger partial charge in [-0.05, 0) is 6.92 Å². The van der Waals surface area contributed by atoms with Crippen molar-refractivity contribution >= 4 is 0 Å². The quantitative estimate of drug-likeness (QED) is 0.680. The number of aromatic nitrogens is 2. The molecular formula is C11H14N2O2. The minimum Gasteiger partial charge on any atom is -0.296 e. The first kappa shape index (κ1) is 11.2. The van der Waals surface area contributed by atoms with Crippen molar-refractivity contribution in [3.05, 3.63) is 57.9 Å². The third kappa shape index (κ3) is 2.15. The molecule has 0 saturated carbocycles. The van der Waals surface area contributed by atoms with Gasteiger partial charge in [-0.25, -0.2) is 4.79 Å². The highest BCUT2D eigenvalue weighted by molar-refractivity contribution is 5.03. The molecule has 4 nitrogen and oxygen atoms in total. The molecule has 0 aromatic carbocycles. The van der Waals surface area contributed by atoms with Gasteiger partial charge >= 0.3 is 5.69 Å². The molecule has 0 fully saturated rings. The number of allylic oxidation sites excluding steroid dienone is 2. The van der Waals surface area contributed by atoms with E-state index in [1.807, 2.05) is 0 Å². The minimum atomic E-state index is -0.328. The SMILES string of the molecule is C=CCn1cc(C)c(=O)n(CC=C)c1=O. The second kappa shape index (κ2) is 4.59. The van der Waals surface area contributed by atoms with Gasteiger partial charge in [0.25, 0.3) is 5.56 Å². The van der Waals surface area contributed by atoms with Gasteiger partial charge in [-0.1, -0.05) is 12.2 Å². The molecule has 0 saturated heterocycles. The van der Waals surface area contributed by atoms with Crippen LogP contribution in [-0.2, 0) is 13.1 Å². The molecule has 0 amide bonds. The van der Waals surface area contributed by atoms with E-state index in [1.165, 1.54) is 10.6 Å². The van der Waals surface area contributed by atoms with Gasteiger partial charge in [-0.2, -0.15) is 0 Å². The number of rotatable bonds is 4. The zero-order valence-electron chi connectivity index (χ0n) is 8.77. The van der Waals surface area contributed by atoms with Crippen LogP contribution in [0.15, 0.2) is 41.1 Å². The summed E-state index contributed by atoms with van der Waals surface area (Å²) in [5.74, 6) is 0. The zero-order valence-corrected chi connectivity index (χ0v) is 8.77. The van der Waals surface area contributed by atoms with Gasteiger partial charge in [0.1, 0.15) is 0 Å². The first-order valence-corrected chi connectivity index (χ1v) is 4.64. The topological polar surface area (TPSA) is 44.0 Å². The smallest absolute Gasteiger partial charge is 0.296 e. The average Bonchev–Trinajstić information content (AvgIpc) is 2.21. The normalized spacial score (nSPS) is 9.93. The summed E-state index contributed by atoms with van der Waals surface area (Å²) in [6.45, 7) is 9.39. The number of aryl methyl sites for hydroxylation is 1. The summed E-state index contributed by atoms with van der Waals surface area (Å²) in [5.41, 5.74) is -0.0519. The highest BCUT2D eigenvalue weighted by Gasteiger charge is 2.05. The summed E-state index contributed by atoms with van der Waals surface area (Å²) >= 11 is 0. The van der Waals surface area contributed by atoms with Gasteiger partial charge in [-0.3, -0.25) is 13.9 Å². The summed E-state index contributed by atoms with van der Waals surface area (Å²) in [5, 5.41) is 0. The van der Waals surface area contributed by atoms with Crippen LogP contribution in [0.5, 0.6) is 0 Å². The van der Waals surface area contributed by atoms with E-state index in [-0.39, 0.29) is 17.8 Å². The van der Waals surface area contributed by atoms with Crippen molar-refractivity contribution in [1.82, 2.24) is 9.13 Å². The lowest BCUT2D eigenvalue weighted by Gasteiger charge is -2.08. The van der Waals surface area contributed by atoms with Crippen molar-refractivity contribution in [3.8, 4) is 0 Å². The van der Waals surface area contributed by atoms with Gasteiger partial charge in [0.05, 0.1) is 0 Å². The molecule has 0 radical (unpaired) electrons. The molecule has 0 bridgehead atoms. The Morgan fingerprint density at radius 1 is 1.27 bits per heavy atom. The molecule has 1 aromatic heterocycles. The Bertz CT molecular complexity index is 494. The lowest BCUT2D eigenvalue weighted by molar-refractivity contribution is 0.619. The molecule has 1 heterocycles. The Hall–Kier alpha value is -1.84. The van der Waals surface area contributed by atoms with E-state index in [9.17, 15) is 9.59 Å². The van der Waals surface area contributed by atoms with Crippen LogP contribution in [0.3, 0.4) is 0 Å². The van der Waals surface area contributed by atoms with Crippen LogP contribution in [0.25, 0.3) is 0 Å². The number of hydrogen-bond donors (Lipinski definition) is 0. The van der Waals surface area contributed by atoms with Crippen LogP contribution in [0.1, 0.15) is 5.56 Å². The first-order chi connectivity index (χ1) is 7.11. The summed E-state index contributed by atoms with van der Waals surface area (Å²) in [6, 6.07) is 0. The fourth-order valence-corrected chi connectivity index (χ4v) is 1.36. The minimum absolute atomic E-state index is 0.233. The van der Waals surface area contributed by atoms with E-state index in [1.54, 1.807) is 19.2 Å². The largest absolute Gasteiger partial charge is 0.331 e. The molecule has 0 atom stereocenters. The molecule has 0 aliphatic heterocycles. The monoisotopic (exact) mass is 206 g/mol. The summed E-state index contributed by atoms with van der Waals surface area (Å²) in [4.78, 5) is 23.4. The van der Waals surface area contributed by atoms with Gasteiger partial charge in [0, 0.05) is 24.8 Å². The van der Waals surface area contributed by atoms with Crippen molar-refractivity contribution in [2.24, 2.45) is 0 Å². The second-order valence-electron chi connectivity index (χ2n) is 3.24. The van der Waals surface area contributed by atoms with Crippen LogP contribution in [-0.4, -0.2) is 9.13 Å². The zero-order chi connectivity index (χ0) is 11.4. The molecule has 0 spiro atoms. The molecule has 0 aliphatic rings. The van der Waals surface area contributed by atoms with Crippen molar-refractivity contribution < 1.29 is 0 Å². The lowest BCUT2D eigenvalue weighted by Crippen LogP contribution is -2.40. The predicted molar refractivity (Wildman–Crippen MR) is 60.1 cm³/mol. The maximum atomic E-state index is 11.8. The maximum absolute atomic E-state index is 11.8. The summed E-state index contributed by atoms with van der Waals surface area (Å²) in [6.07, 6.45) is 4.69. The van der Waals surface area contributed by atoms with E-state index in [0.717, 1.165) is 4.57 Å². The van der Waals surface area contributed by atoms with E-state index < -0.39 is 0 Å².